The van der Waals surface area contributed by atoms with Crippen LogP contribution in [0.25, 0.3) is 0 Å². The van der Waals surface area contributed by atoms with E-state index < -0.39 is 6.04 Å². The van der Waals surface area contributed by atoms with Gasteiger partial charge in [-0.15, -0.1) is 11.3 Å². The van der Waals surface area contributed by atoms with E-state index in [1.54, 1.807) is 16.2 Å². The van der Waals surface area contributed by atoms with Crippen molar-refractivity contribution in [2.24, 2.45) is 10.9 Å². The molecule has 5 nitrogen and oxygen atoms in total. The van der Waals surface area contributed by atoms with Gasteiger partial charge in [0.15, 0.2) is 5.17 Å². The topological polar surface area (TPSA) is 59.0 Å². The largest absolute Gasteiger partial charge is 0.462 e. The molecular formula is C19H24N2O3S2. The van der Waals surface area contributed by atoms with Crippen LogP contribution in [0.1, 0.15) is 50.6 Å². The number of aliphatic imine (C=N–C) groups is 1. The van der Waals surface area contributed by atoms with E-state index >= 15 is 0 Å². The predicted octanol–water partition coefficient (Wildman–Crippen LogP) is 4.29. The first-order valence-electron chi connectivity index (χ1n) is 8.85. The number of esters is 1. The molecule has 3 heterocycles. The Hall–Kier alpha value is -1.60. The number of hydrogen-bond donors (Lipinski definition) is 0. The zero-order chi connectivity index (χ0) is 19.0. The van der Waals surface area contributed by atoms with Crippen molar-refractivity contribution in [3.63, 3.8) is 0 Å². The Labute approximate surface area is 162 Å². The number of hydrogen-bond acceptors (Lipinski definition) is 6. The molecule has 1 aromatic heterocycles. The number of nitrogens with zero attached hydrogens (tertiary/aromatic N) is 2. The van der Waals surface area contributed by atoms with Crippen LogP contribution < -0.4 is 0 Å². The van der Waals surface area contributed by atoms with Crippen molar-refractivity contribution in [3.05, 3.63) is 33.2 Å². The van der Waals surface area contributed by atoms with Crippen LogP contribution in [0.3, 0.4) is 0 Å². The average molecular weight is 393 g/mol. The Morgan fingerprint density at radius 2 is 2.12 bits per heavy atom. The number of carbonyl (C=O) groups is 2. The zero-order valence-electron chi connectivity index (χ0n) is 15.7. The highest BCUT2D eigenvalue weighted by molar-refractivity contribution is 8.15. The smallest absolute Gasteiger partial charge is 0.338 e. The molecule has 0 radical (unpaired) electrons. The van der Waals surface area contributed by atoms with Gasteiger partial charge in [0.05, 0.1) is 23.1 Å². The summed E-state index contributed by atoms with van der Waals surface area (Å²) in [5.74, 6) is -0.108. The first kappa shape index (κ1) is 19.2. The van der Waals surface area contributed by atoms with Crippen LogP contribution in [0.5, 0.6) is 0 Å². The van der Waals surface area contributed by atoms with Crippen LogP contribution in [0.15, 0.2) is 27.7 Å². The van der Waals surface area contributed by atoms with Crippen LogP contribution in [-0.4, -0.2) is 33.8 Å². The Morgan fingerprint density at radius 3 is 2.69 bits per heavy atom. The van der Waals surface area contributed by atoms with Crippen molar-refractivity contribution in [2.75, 3.05) is 6.61 Å². The molecule has 0 saturated carbocycles. The van der Waals surface area contributed by atoms with E-state index in [1.807, 2.05) is 46.1 Å². The number of fused-ring (bicyclic) bond motifs is 1. The molecule has 2 aliphatic rings. The summed E-state index contributed by atoms with van der Waals surface area (Å²) in [6, 6.07) is 1.57. The molecule has 0 spiro atoms. The summed E-state index contributed by atoms with van der Waals surface area (Å²) < 4.78 is 5.51. The third-order valence-electron chi connectivity index (χ3n) is 4.44. The molecular weight excluding hydrogens is 368 g/mol. The van der Waals surface area contributed by atoms with Gasteiger partial charge in [0.2, 0.25) is 5.91 Å². The average Bonchev–Trinajstić information content (AvgIpc) is 3.14. The predicted molar refractivity (Wildman–Crippen MR) is 106 cm³/mol. The molecule has 7 heteroatoms. The molecule has 26 heavy (non-hydrogen) atoms. The number of aryl methyl sites for hydroxylation is 1. The minimum absolute atomic E-state index is 0.0238. The van der Waals surface area contributed by atoms with Gasteiger partial charge in [-0.1, -0.05) is 32.5 Å². The van der Waals surface area contributed by atoms with Crippen molar-refractivity contribution in [1.82, 2.24) is 4.90 Å². The number of allylic oxidation sites excluding steroid dienone is 1. The molecule has 1 saturated heterocycles. The SMILES string of the molecule is CCC1SC2=NC(C)=C(C(=O)OCC(C)C)C(c3sccc3C)N2C1=O. The number of rotatable bonds is 5. The van der Waals surface area contributed by atoms with E-state index in [1.165, 1.54) is 11.8 Å². The van der Waals surface area contributed by atoms with Gasteiger partial charge >= 0.3 is 5.97 Å². The number of thioether (sulfide) groups is 1. The molecule has 140 valence electrons. The Balaban J connectivity index is 2.06. The number of carbonyl (C=O) groups excluding carboxylic acids is 2. The van der Waals surface area contributed by atoms with Gasteiger partial charge in [-0.2, -0.15) is 0 Å². The first-order valence-corrected chi connectivity index (χ1v) is 10.6. The molecule has 2 unspecified atom stereocenters. The second-order valence-corrected chi connectivity index (χ2v) is 9.10. The van der Waals surface area contributed by atoms with E-state index in [0.717, 1.165) is 16.9 Å². The van der Waals surface area contributed by atoms with E-state index in [-0.39, 0.29) is 23.0 Å². The molecule has 0 aliphatic carbocycles. The first-order chi connectivity index (χ1) is 12.3. The molecule has 0 N–H and O–H groups in total. The third kappa shape index (κ3) is 3.34. The molecule has 3 rings (SSSR count). The van der Waals surface area contributed by atoms with Gasteiger partial charge in [0, 0.05) is 4.88 Å². The Bertz CT molecular complexity index is 794. The summed E-state index contributed by atoms with van der Waals surface area (Å²) in [6.07, 6.45) is 0.737. The molecule has 0 aromatic carbocycles. The van der Waals surface area contributed by atoms with Crippen LogP contribution in [0, 0.1) is 12.8 Å². The lowest BCUT2D eigenvalue weighted by Crippen LogP contribution is -2.40. The van der Waals surface area contributed by atoms with Crippen molar-refractivity contribution >= 4 is 40.1 Å². The minimum atomic E-state index is -0.446. The third-order valence-corrected chi connectivity index (χ3v) is 6.83. The molecule has 2 atom stereocenters. The summed E-state index contributed by atoms with van der Waals surface area (Å²) in [5.41, 5.74) is 2.19. The molecule has 2 aliphatic heterocycles. The van der Waals surface area contributed by atoms with Gasteiger partial charge in [-0.3, -0.25) is 9.69 Å². The quantitative estimate of drug-likeness (QED) is 0.701. The zero-order valence-corrected chi connectivity index (χ0v) is 17.4. The Morgan fingerprint density at radius 1 is 1.38 bits per heavy atom. The maximum Gasteiger partial charge on any atom is 0.338 e. The number of ether oxygens (including phenoxy) is 1. The summed E-state index contributed by atoms with van der Waals surface area (Å²) >= 11 is 3.05. The monoisotopic (exact) mass is 392 g/mol. The van der Waals surface area contributed by atoms with Gasteiger partial charge in [0.25, 0.3) is 0 Å². The van der Waals surface area contributed by atoms with Crippen molar-refractivity contribution in [2.45, 2.75) is 52.3 Å². The van der Waals surface area contributed by atoms with E-state index in [9.17, 15) is 9.59 Å². The lowest BCUT2D eigenvalue weighted by atomic mass is 9.98. The lowest BCUT2D eigenvalue weighted by Gasteiger charge is -2.32. The number of amidine groups is 1. The lowest BCUT2D eigenvalue weighted by molar-refractivity contribution is -0.141. The molecule has 1 fully saturated rings. The van der Waals surface area contributed by atoms with Gasteiger partial charge in [-0.05, 0) is 43.2 Å². The van der Waals surface area contributed by atoms with E-state index in [2.05, 4.69) is 4.99 Å². The standard InChI is InChI=1S/C19H24N2O3S2/c1-6-13-17(22)21-15(16-11(4)7-8-25-16)14(12(5)20-19(21)26-13)18(23)24-9-10(2)3/h7-8,10,13,15H,6,9H2,1-5H3. The molecule has 1 amide bonds. The number of thiophene rings is 1. The summed E-state index contributed by atoms with van der Waals surface area (Å²) in [5, 5.41) is 2.54. The van der Waals surface area contributed by atoms with Gasteiger partial charge in [0.1, 0.15) is 6.04 Å². The molecule has 1 aromatic rings. The van der Waals surface area contributed by atoms with Crippen LogP contribution in [0.4, 0.5) is 0 Å². The highest BCUT2D eigenvalue weighted by Gasteiger charge is 2.47. The van der Waals surface area contributed by atoms with Crippen LogP contribution in [-0.2, 0) is 14.3 Å². The fourth-order valence-corrected chi connectivity index (χ4v) is 5.24. The van der Waals surface area contributed by atoms with E-state index in [0.29, 0.717) is 23.0 Å². The van der Waals surface area contributed by atoms with Crippen LogP contribution in [0.2, 0.25) is 0 Å². The highest BCUT2D eigenvalue weighted by Crippen LogP contribution is 2.46. The van der Waals surface area contributed by atoms with Gasteiger partial charge < -0.3 is 4.74 Å². The second-order valence-electron chi connectivity index (χ2n) is 6.98. The van der Waals surface area contributed by atoms with Crippen molar-refractivity contribution < 1.29 is 14.3 Å². The maximum absolute atomic E-state index is 13.0. The second kappa shape index (κ2) is 7.56. The minimum Gasteiger partial charge on any atom is -0.462 e. The summed E-state index contributed by atoms with van der Waals surface area (Å²) in [7, 11) is 0. The fourth-order valence-electron chi connectivity index (χ4n) is 3.08. The van der Waals surface area contributed by atoms with Crippen molar-refractivity contribution in [3.8, 4) is 0 Å². The van der Waals surface area contributed by atoms with Crippen molar-refractivity contribution in [1.29, 1.82) is 0 Å². The Kier molecular flexibility index (Phi) is 5.58. The normalized spacial score (nSPS) is 22.8. The van der Waals surface area contributed by atoms with Gasteiger partial charge in [-0.25, -0.2) is 9.79 Å². The van der Waals surface area contributed by atoms with E-state index in [4.69, 9.17) is 4.74 Å². The summed E-state index contributed by atoms with van der Waals surface area (Å²) in [6.45, 7) is 10.2. The molecule has 0 bridgehead atoms. The maximum atomic E-state index is 13.0. The van der Waals surface area contributed by atoms with Crippen LogP contribution >= 0.6 is 23.1 Å². The number of amides is 1. The summed E-state index contributed by atoms with van der Waals surface area (Å²) in [4.78, 5) is 33.2. The highest BCUT2D eigenvalue weighted by atomic mass is 32.2. The fraction of sp³-hybridized carbons (Fsp3) is 0.526.